The first kappa shape index (κ1) is 16.8. The predicted molar refractivity (Wildman–Crippen MR) is 84.4 cm³/mol. The van der Waals surface area contributed by atoms with Crippen LogP contribution in [0.1, 0.15) is 41.3 Å². The third-order valence-corrected chi connectivity index (χ3v) is 3.44. The summed E-state index contributed by atoms with van der Waals surface area (Å²) in [6.45, 7) is 2.20. The van der Waals surface area contributed by atoms with Crippen LogP contribution in [0.4, 0.5) is 0 Å². The lowest BCUT2D eigenvalue weighted by atomic mass is 10.2. The first-order valence-electron chi connectivity index (χ1n) is 7.29. The molecule has 7 heteroatoms. The van der Waals surface area contributed by atoms with Crippen molar-refractivity contribution in [3.63, 3.8) is 0 Å². The number of nitrogens with zero attached hydrogens (tertiary/aromatic N) is 1. The Bertz CT molecular complexity index is 669. The van der Waals surface area contributed by atoms with E-state index in [0.717, 1.165) is 5.56 Å². The highest BCUT2D eigenvalue weighted by molar-refractivity contribution is 5.91. The van der Waals surface area contributed by atoms with E-state index in [1.807, 2.05) is 19.1 Å². The number of hydrogen-bond donors (Lipinski definition) is 2. The van der Waals surface area contributed by atoms with Gasteiger partial charge in [-0.25, -0.2) is 4.98 Å². The molecule has 0 aliphatic rings. The maximum absolute atomic E-state index is 12.1. The van der Waals surface area contributed by atoms with Gasteiger partial charge in [-0.15, -0.1) is 0 Å². The molecule has 1 heterocycles. The smallest absolute Gasteiger partial charge is 0.273 e. The van der Waals surface area contributed by atoms with E-state index in [1.54, 1.807) is 20.3 Å². The number of nitrogens with two attached hydrogens (primary N) is 1. The van der Waals surface area contributed by atoms with Crippen LogP contribution >= 0.6 is 0 Å². The van der Waals surface area contributed by atoms with E-state index in [4.69, 9.17) is 19.6 Å². The lowest BCUT2D eigenvalue weighted by molar-refractivity contribution is 0.0945. The fourth-order valence-electron chi connectivity index (χ4n) is 2.10. The molecule has 0 radical (unpaired) electrons. The first-order valence-corrected chi connectivity index (χ1v) is 7.29. The Morgan fingerprint density at radius 3 is 2.83 bits per heavy atom. The van der Waals surface area contributed by atoms with Gasteiger partial charge in [0, 0.05) is 12.1 Å². The van der Waals surface area contributed by atoms with Gasteiger partial charge >= 0.3 is 0 Å². The molecule has 2 aromatic rings. The molecule has 0 fully saturated rings. The van der Waals surface area contributed by atoms with Gasteiger partial charge in [0.25, 0.3) is 5.91 Å². The summed E-state index contributed by atoms with van der Waals surface area (Å²) in [5.41, 5.74) is 6.82. The Morgan fingerprint density at radius 1 is 1.39 bits per heavy atom. The van der Waals surface area contributed by atoms with Crippen LogP contribution in [0.2, 0.25) is 0 Å². The first-order chi connectivity index (χ1) is 11.1. The van der Waals surface area contributed by atoms with Crippen LogP contribution in [0.15, 0.2) is 28.9 Å². The molecule has 1 atom stereocenters. The average Bonchev–Trinajstić information content (AvgIpc) is 3.08. The topological polar surface area (TPSA) is 99.6 Å². The Kier molecular flexibility index (Phi) is 5.59. The van der Waals surface area contributed by atoms with Crippen molar-refractivity contribution in [2.75, 3.05) is 14.2 Å². The third-order valence-electron chi connectivity index (χ3n) is 3.44. The van der Waals surface area contributed by atoms with E-state index in [0.29, 0.717) is 23.8 Å². The highest BCUT2D eigenvalue weighted by atomic mass is 16.5. The number of hydrogen-bond acceptors (Lipinski definition) is 6. The van der Waals surface area contributed by atoms with Crippen LogP contribution in [0.5, 0.6) is 11.5 Å². The molecule has 0 aliphatic heterocycles. The van der Waals surface area contributed by atoms with E-state index in [-0.39, 0.29) is 24.2 Å². The molecule has 124 valence electrons. The van der Waals surface area contributed by atoms with Crippen molar-refractivity contribution in [1.82, 2.24) is 10.3 Å². The van der Waals surface area contributed by atoms with Gasteiger partial charge in [0.05, 0.1) is 20.3 Å². The zero-order valence-electron chi connectivity index (χ0n) is 13.5. The summed E-state index contributed by atoms with van der Waals surface area (Å²) in [4.78, 5) is 16.3. The van der Waals surface area contributed by atoms with Gasteiger partial charge < -0.3 is 24.9 Å². The Morgan fingerprint density at radius 2 is 2.17 bits per heavy atom. The largest absolute Gasteiger partial charge is 0.493 e. The Hall–Kier alpha value is -2.54. The molecule has 0 bridgehead atoms. The van der Waals surface area contributed by atoms with Crippen molar-refractivity contribution >= 4 is 5.91 Å². The number of rotatable bonds is 7. The molecule has 1 aromatic carbocycles. The number of nitrogens with one attached hydrogen (secondary N) is 1. The molecule has 23 heavy (non-hydrogen) atoms. The van der Waals surface area contributed by atoms with E-state index < -0.39 is 0 Å². The summed E-state index contributed by atoms with van der Waals surface area (Å²) < 4.78 is 15.8. The molecule has 1 amide bonds. The molecule has 1 unspecified atom stereocenters. The summed E-state index contributed by atoms with van der Waals surface area (Å²) >= 11 is 0. The Balaban J connectivity index is 2.06. The number of methoxy groups -OCH3 is 2. The molecule has 0 aliphatic carbocycles. The van der Waals surface area contributed by atoms with Crippen LogP contribution in [0.3, 0.4) is 0 Å². The molecule has 2 rings (SSSR count). The van der Waals surface area contributed by atoms with E-state index in [2.05, 4.69) is 10.3 Å². The molecule has 0 saturated carbocycles. The van der Waals surface area contributed by atoms with E-state index in [1.165, 1.54) is 6.26 Å². The monoisotopic (exact) mass is 319 g/mol. The highest BCUT2D eigenvalue weighted by Crippen LogP contribution is 2.30. The highest BCUT2D eigenvalue weighted by Gasteiger charge is 2.16. The van der Waals surface area contributed by atoms with E-state index >= 15 is 0 Å². The van der Waals surface area contributed by atoms with Crippen LogP contribution in [-0.2, 0) is 6.54 Å². The third kappa shape index (κ3) is 3.81. The summed E-state index contributed by atoms with van der Waals surface area (Å²) in [7, 11) is 3.12. The van der Waals surface area contributed by atoms with Crippen LogP contribution in [0.25, 0.3) is 0 Å². The molecule has 0 saturated heterocycles. The maximum atomic E-state index is 12.1. The predicted octanol–water partition coefficient (Wildman–Crippen LogP) is 2.03. The summed E-state index contributed by atoms with van der Waals surface area (Å²) in [6, 6.07) is 5.16. The number of benzene rings is 1. The minimum Gasteiger partial charge on any atom is -0.493 e. The van der Waals surface area contributed by atoms with Crippen molar-refractivity contribution < 1.29 is 18.7 Å². The number of oxazole rings is 1. The molecular weight excluding hydrogens is 298 g/mol. The van der Waals surface area contributed by atoms with Gasteiger partial charge in [-0.1, -0.05) is 19.1 Å². The fraction of sp³-hybridized carbons (Fsp3) is 0.375. The van der Waals surface area contributed by atoms with Crippen LogP contribution in [-0.4, -0.2) is 25.1 Å². The summed E-state index contributed by atoms with van der Waals surface area (Å²) in [6.07, 6.45) is 1.99. The normalized spacial score (nSPS) is 11.8. The lowest BCUT2D eigenvalue weighted by Crippen LogP contribution is -2.23. The minimum atomic E-state index is -0.340. The zero-order valence-corrected chi connectivity index (χ0v) is 13.5. The number of para-hydroxylation sites is 1. The molecule has 0 spiro atoms. The number of aromatic nitrogens is 1. The number of carbonyl (C=O) groups excluding carboxylic acids is 1. The summed E-state index contributed by atoms with van der Waals surface area (Å²) in [5, 5.41) is 2.77. The summed E-state index contributed by atoms with van der Waals surface area (Å²) in [5.74, 6) is 1.21. The molecule has 3 N–H and O–H groups in total. The zero-order chi connectivity index (χ0) is 16.8. The van der Waals surface area contributed by atoms with Crippen LogP contribution in [0, 0.1) is 0 Å². The van der Waals surface area contributed by atoms with Crippen molar-refractivity contribution in [3.8, 4) is 11.5 Å². The van der Waals surface area contributed by atoms with Crippen molar-refractivity contribution in [2.45, 2.75) is 25.9 Å². The van der Waals surface area contributed by atoms with Gasteiger partial charge in [0.15, 0.2) is 17.2 Å². The van der Waals surface area contributed by atoms with Gasteiger partial charge in [-0.05, 0) is 12.5 Å². The second kappa shape index (κ2) is 7.64. The second-order valence-corrected chi connectivity index (χ2v) is 4.92. The second-order valence-electron chi connectivity index (χ2n) is 4.92. The quantitative estimate of drug-likeness (QED) is 0.810. The standard InChI is InChI=1S/C16H21N3O4/c1-4-11(17)16-19-12(9-23-16)15(20)18-8-10-6-5-7-13(21-2)14(10)22-3/h5-7,9,11H,4,8,17H2,1-3H3,(H,18,20). The number of ether oxygens (including phenoxy) is 2. The molecule has 1 aromatic heterocycles. The van der Waals surface area contributed by atoms with Crippen molar-refractivity contribution in [1.29, 1.82) is 0 Å². The average molecular weight is 319 g/mol. The minimum absolute atomic E-state index is 0.200. The molecular formula is C16H21N3O4. The van der Waals surface area contributed by atoms with Gasteiger partial charge in [0.1, 0.15) is 6.26 Å². The van der Waals surface area contributed by atoms with Crippen molar-refractivity contribution in [3.05, 3.63) is 41.6 Å². The lowest BCUT2D eigenvalue weighted by Gasteiger charge is -2.12. The van der Waals surface area contributed by atoms with Gasteiger partial charge in [-0.2, -0.15) is 0 Å². The Labute approximate surface area is 134 Å². The van der Waals surface area contributed by atoms with Gasteiger partial charge in [-0.3, -0.25) is 4.79 Å². The fourth-order valence-corrected chi connectivity index (χ4v) is 2.10. The number of carbonyl (C=O) groups is 1. The van der Waals surface area contributed by atoms with E-state index in [9.17, 15) is 4.79 Å². The maximum Gasteiger partial charge on any atom is 0.273 e. The SMILES string of the molecule is CCC(N)c1nc(C(=O)NCc2cccc(OC)c2OC)co1. The van der Waals surface area contributed by atoms with Gasteiger partial charge in [0.2, 0.25) is 5.89 Å². The molecule has 7 nitrogen and oxygen atoms in total. The van der Waals surface area contributed by atoms with Crippen molar-refractivity contribution in [2.24, 2.45) is 5.73 Å². The number of amides is 1. The van der Waals surface area contributed by atoms with Crippen LogP contribution < -0.4 is 20.5 Å².